The van der Waals surface area contributed by atoms with E-state index in [0.717, 1.165) is 29.6 Å². The van der Waals surface area contributed by atoms with Crippen molar-refractivity contribution in [2.75, 3.05) is 19.6 Å². The third-order valence-corrected chi connectivity index (χ3v) is 4.00. The van der Waals surface area contributed by atoms with Crippen LogP contribution in [0, 0.1) is 6.92 Å². The van der Waals surface area contributed by atoms with Crippen molar-refractivity contribution in [3.8, 4) is 0 Å². The second-order valence-electron chi connectivity index (χ2n) is 6.13. The number of aromatic amines is 1. The van der Waals surface area contributed by atoms with Crippen molar-refractivity contribution in [3.63, 3.8) is 0 Å². The van der Waals surface area contributed by atoms with E-state index in [1.165, 1.54) is 5.56 Å². The van der Waals surface area contributed by atoms with E-state index in [1.807, 2.05) is 19.2 Å². The maximum absolute atomic E-state index is 12.6. The van der Waals surface area contributed by atoms with Gasteiger partial charge < -0.3 is 9.72 Å². The highest BCUT2D eigenvalue weighted by Gasteiger charge is 2.24. The fourth-order valence-corrected chi connectivity index (χ4v) is 3.17. The van der Waals surface area contributed by atoms with Gasteiger partial charge in [0.25, 0.3) is 0 Å². The number of carbonyl (C=O) groups is 1. The fraction of sp³-hybridized carbons (Fsp3) is 0.471. The molecule has 1 N–H and O–H groups in total. The normalized spacial score (nSPS) is 23.6. The number of nitrogens with one attached hydrogen (secondary N) is 1. The number of rotatable bonds is 3. The number of aryl methyl sites for hydroxylation is 1. The molecule has 0 bridgehead atoms. The number of morpholine rings is 1. The Bertz CT molecular complexity index is 652. The van der Waals surface area contributed by atoms with Gasteiger partial charge in [0.2, 0.25) is 0 Å². The molecule has 1 saturated heterocycles. The lowest BCUT2D eigenvalue weighted by atomic mass is 10.1. The summed E-state index contributed by atoms with van der Waals surface area (Å²) in [7, 11) is 0. The van der Waals surface area contributed by atoms with E-state index in [2.05, 4.69) is 35.9 Å². The van der Waals surface area contributed by atoms with Gasteiger partial charge in [0.05, 0.1) is 18.8 Å². The number of ketones is 1. The van der Waals surface area contributed by atoms with Crippen molar-refractivity contribution >= 4 is 16.7 Å². The molecule has 2 unspecified atom stereocenters. The van der Waals surface area contributed by atoms with Gasteiger partial charge in [-0.1, -0.05) is 11.6 Å². The summed E-state index contributed by atoms with van der Waals surface area (Å²) < 4.78 is 5.72. The van der Waals surface area contributed by atoms with E-state index in [1.54, 1.807) is 0 Å². The molecule has 2 heterocycles. The quantitative estimate of drug-likeness (QED) is 0.883. The lowest BCUT2D eigenvalue weighted by Crippen LogP contribution is -2.47. The summed E-state index contributed by atoms with van der Waals surface area (Å²) in [6.07, 6.45) is 2.21. The van der Waals surface area contributed by atoms with Crippen LogP contribution in [0.25, 0.3) is 10.9 Å². The Kier molecular flexibility index (Phi) is 3.83. The average Bonchev–Trinajstić information content (AvgIpc) is 2.80. The van der Waals surface area contributed by atoms with E-state index < -0.39 is 0 Å². The first-order valence-corrected chi connectivity index (χ1v) is 7.51. The minimum absolute atomic E-state index is 0.174. The molecule has 1 aliphatic heterocycles. The minimum Gasteiger partial charge on any atom is -0.373 e. The molecule has 21 heavy (non-hydrogen) atoms. The molecular weight excluding hydrogens is 264 g/mol. The molecule has 4 nitrogen and oxygen atoms in total. The van der Waals surface area contributed by atoms with Crippen LogP contribution in [0.1, 0.15) is 29.8 Å². The van der Waals surface area contributed by atoms with Crippen molar-refractivity contribution in [1.82, 2.24) is 9.88 Å². The summed E-state index contributed by atoms with van der Waals surface area (Å²) in [6.45, 7) is 8.25. The van der Waals surface area contributed by atoms with Crippen molar-refractivity contribution in [1.29, 1.82) is 0 Å². The van der Waals surface area contributed by atoms with Crippen LogP contribution in [0.2, 0.25) is 0 Å². The van der Waals surface area contributed by atoms with Crippen LogP contribution in [-0.4, -0.2) is 47.5 Å². The molecule has 0 saturated carbocycles. The Balaban J connectivity index is 1.79. The predicted octanol–water partition coefficient (Wildman–Crippen LogP) is 2.77. The molecule has 4 heteroatoms. The zero-order valence-corrected chi connectivity index (χ0v) is 12.8. The SMILES string of the molecule is Cc1ccc2[nH]cc(C(=O)CN3CC(C)OC(C)C3)c2c1. The average molecular weight is 286 g/mol. The standard InChI is InChI=1S/C17H22N2O2/c1-11-4-5-16-14(6-11)15(7-18-16)17(20)10-19-8-12(2)21-13(3)9-19/h4-7,12-13,18H,8-10H2,1-3H3. The molecule has 0 spiro atoms. The molecule has 1 aromatic carbocycles. The summed E-state index contributed by atoms with van der Waals surface area (Å²) >= 11 is 0. The van der Waals surface area contributed by atoms with Gasteiger partial charge in [0, 0.05) is 35.8 Å². The second kappa shape index (κ2) is 5.62. The van der Waals surface area contributed by atoms with Crippen LogP contribution >= 0.6 is 0 Å². The molecule has 2 aromatic rings. The molecular formula is C17H22N2O2. The number of hydrogen-bond donors (Lipinski definition) is 1. The summed E-state index contributed by atoms with van der Waals surface area (Å²) in [6, 6.07) is 6.16. The Morgan fingerprint density at radius 1 is 1.33 bits per heavy atom. The summed E-state index contributed by atoms with van der Waals surface area (Å²) in [5.41, 5.74) is 2.98. The van der Waals surface area contributed by atoms with Gasteiger partial charge in [-0.15, -0.1) is 0 Å². The number of Topliss-reactive ketones (excluding diaryl/α,β-unsaturated/α-hetero) is 1. The number of H-pyrrole nitrogens is 1. The molecule has 0 radical (unpaired) electrons. The fourth-order valence-electron chi connectivity index (χ4n) is 3.17. The van der Waals surface area contributed by atoms with Crippen LogP contribution in [-0.2, 0) is 4.74 Å². The number of carbonyl (C=O) groups excluding carboxylic acids is 1. The highest BCUT2D eigenvalue weighted by Crippen LogP contribution is 2.21. The van der Waals surface area contributed by atoms with Crippen molar-refractivity contribution in [3.05, 3.63) is 35.5 Å². The Labute approximate surface area is 125 Å². The monoisotopic (exact) mass is 286 g/mol. The maximum atomic E-state index is 12.6. The number of ether oxygens (including phenoxy) is 1. The maximum Gasteiger partial charge on any atom is 0.178 e. The van der Waals surface area contributed by atoms with E-state index in [0.29, 0.717) is 6.54 Å². The topological polar surface area (TPSA) is 45.3 Å². The van der Waals surface area contributed by atoms with Gasteiger partial charge in [-0.2, -0.15) is 0 Å². The van der Waals surface area contributed by atoms with E-state index in [9.17, 15) is 4.79 Å². The highest BCUT2D eigenvalue weighted by molar-refractivity contribution is 6.08. The van der Waals surface area contributed by atoms with Crippen LogP contribution < -0.4 is 0 Å². The van der Waals surface area contributed by atoms with Gasteiger partial charge >= 0.3 is 0 Å². The van der Waals surface area contributed by atoms with Crippen molar-refractivity contribution in [2.45, 2.75) is 33.0 Å². The van der Waals surface area contributed by atoms with Crippen molar-refractivity contribution < 1.29 is 9.53 Å². The van der Waals surface area contributed by atoms with E-state index in [4.69, 9.17) is 4.74 Å². The largest absolute Gasteiger partial charge is 0.373 e. The van der Waals surface area contributed by atoms with Gasteiger partial charge in [0.1, 0.15) is 0 Å². The molecule has 1 fully saturated rings. The van der Waals surface area contributed by atoms with Crippen molar-refractivity contribution in [2.24, 2.45) is 0 Å². The van der Waals surface area contributed by atoms with E-state index in [-0.39, 0.29) is 18.0 Å². The third-order valence-electron chi connectivity index (χ3n) is 4.00. The van der Waals surface area contributed by atoms with Gasteiger partial charge in [-0.05, 0) is 32.9 Å². The number of benzene rings is 1. The minimum atomic E-state index is 0.174. The first kappa shape index (κ1) is 14.3. The first-order chi connectivity index (χ1) is 10.0. The predicted molar refractivity (Wildman–Crippen MR) is 83.8 cm³/mol. The Hall–Kier alpha value is -1.65. The van der Waals surface area contributed by atoms with Crippen LogP contribution in [0.5, 0.6) is 0 Å². The second-order valence-corrected chi connectivity index (χ2v) is 6.13. The molecule has 1 aliphatic rings. The molecule has 0 amide bonds. The smallest absolute Gasteiger partial charge is 0.178 e. The summed E-state index contributed by atoms with van der Waals surface area (Å²) in [5, 5.41) is 1.02. The number of aromatic nitrogens is 1. The Morgan fingerprint density at radius 3 is 2.76 bits per heavy atom. The lowest BCUT2D eigenvalue weighted by molar-refractivity contribution is -0.0652. The zero-order valence-electron chi connectivity index (χ0n) is 12.8. The third kappa shape index (κ3) is 3.01. The highest BCUT2D eigenvalue weighted by atomic mass is 16.5. The molecule has 1 aromatic heterocycles. The van der Waals surface area contributed by atoms with E-state index >= 15 is 0 Å². The molecule has 0 aliphatic carbocycles. The van der Waals surface area contributed by atoms with Crippen LogP contribution in [0.3, 0.4) is 0 Å². The molecule has 112 valence electrons. The molecule has 2 atom stereocenters. The van der Waals surface area contributed by atoms with Gasteiger partial charge in [-0.25, -0.2) is 0 Å². The lowest BCUT2D eigenvalue weighted by Gasteiger charge is -2.34. The summed E-state index contributed by atoms with van der Waals surface area (Å²) in [4.78, 5) is 18.0. The van der Waals surface area contributed by atoms with Crippen LogP contribution in [0.4, 0.5) is 0 Å². The van der Waals surface area contributed by atoms with Gasteiger partial charge in [-0.3, -0.25) is 9.69 Å². The van der Waals surface area contributed by atoms with Crippen LogP contribution in [0.15, 0.2) is 24.4 Å². The molecule has 3 rings (SSSR count). The number of hydrogen-bond acceptors (Lipinski definition) is 3. The summed E-state index contributed by atoms with van der Waals surface area (Å²) in [5.74, 6) is 0.174. The zero-order chi connectivity index (χ0) is 15.0. The van der Waals surface area contributed by atoms with Gasteiger partial charge in [0.15, 0.2) is 5.78 Å². The number of nitrogens with zero attached hydrogens (tertiary/aromatic N) is 1. The Morgan fingerprint density at radius 2 is 2.05 bits per heavy atom. The first-order valence-electron chi connectivity index (χ1n) is 7.51. The number of fused-ring (bicyclic) bond motifs is 1.